The first-order chi connectivity index (χ1) is 12.1. The van der Waals surface area contributed by atoms with Crippen LogP contribution in [0, 0.1) is 5.92 Å². The van der Waals surface area contributed by atoms with Crippen LogP contribution < -0.4 is 4.90 Å². The van der Waals surface area contributed by atoms with Crippen molar-refractivity contribution >= 4 is 11.9 Å². The highest BCUT2D eigenvalue weighted by Crippen LogP contribution is 2.22. The van der Waals surface area contributed by atoms with E-state index in [1.54, 1.807) is 25.5 Å². The number of piperidine rings is 1. The Morgan fingerprint density at radius 2 is 2.08 bits per heavy atom. The molecule has 0 aromatic carbocycles. The van der Waals surface area contributed by atoms with Gasteiger partial charge in [0, 0.05) is 44.9 Å². The van der Waals surface area contributed by atoms with Gasteiger partial charge < -0.3 is 9.80 Å². The summed E-state index contributed by atoms with van der Waals surface area (Å²) < 4.78 is 26.6. The molecule has 1 fully saturated rings. The van der Waals surface area contributed by atoms with Gasteiger partial charge in [0.25, 0.3) is 0 Å². The van der Waals surface area contributed by atoms with E-state index in [0.29, 0.717) is 12.5 Å². The third kappa shape index (κ3) is 3.92. The van der Waals surface area contributed by atoms with Crippen LogP contribution in [0.2, 0.25) is 0 Å². The van der Waals surface area contributed by atoms with E-state index in [1.807, 2.05) is 4.90 Å². The van der Waals surface area contributed by atoms with Crippen molar-refractivity contribution in [2.45, 2.75) is 25.9 Å². The summed E-state index contributed by atoms with van der Waals surface area (Å²) in [6, 6.07) is 1.75. The SMILES string of the molecule is CN(Cc1nccn1C(F)F)C(=O)C1CCCN(c2ncccn2)C1. The van der Waals surface area contributed by atoms with Crippen molar-refractivity contribution in [2.75, 3.05) is 25.0 Å². The molecule has 0 aliphatic carbocycles. The average molecular weight is 350 g/mol. The summed E-state index contributed by atoms with van der Waals surface area (Å²) in [5, 5.41) is 0. The highest BCUT2D eigenvalue weighted by Gasteiger charge is 2.29. The monoisotopic (exact) mass is 350 g/mol. The number of rotatable bonds is 5. The molecule has 2 aromatic heterocycles. The molecule has 2 aromatic rings. The Bertz CT molecular complexity index is 708. The van der Waals surface area contributed by atoms with Gasteiger partial charge in [-0.05, 0) is 18.9 Å². The first kappa shape index (κ1) is 17.2. The number of hydrogen-bond donors (Lipinski definition) is 0. The molecule has 1 aliphatic rings. The lowest BCUT2D eigenvalue weighted by Gasteiger charge is -2.33. The summed E-state index contributed by atoms with van der Waals surface area (Å²) in [4.78, 5) is 28.5. The summed E-state index contributed by atoms with van der Waals surface area (Å²) in [6.07, 6.45) is 7.49. The fraction of sp³-hybridized carbons (Fsp3) is 0.500. The maximum atomic E-state index is 12.9. The highest BCUT2D eigenvalue weighted by atomic mass is 19.3. The second-order valence-electron chi connectivity index (χ2n) is 6.06. The molecule has 9 heteroatoms. The third-order valence-electron chi connectivity index (χ3n) is 4.32. The van der Waals surface area contributed by atoms with Gasteiger partial charge >= 0.3 is 6.55 Å². The standard InChI is InChI=1S/C16H20F2N6O/c1-22(11-13-19-7-9-24(13)15(17)18)14(25)12-4-2-8-23(10-12)16-20-5-3-6-21-16/h3,5-7,9,12,15H,2,4,8,10-11H2,1H3. The molecular formula is C16H20F2N6O. The summed E-state index contributed by atoms with van der Waals surface area (Å²) in [5.74, 6) is 0.489. The second kappa shape index (κ2) is 7.54. The Morgan fingerprint density at radius 3 is 2.80 bits per heavy atom. The van der Waals surface area contributed by atoms with Crippen molar-refractivity contribution in [3.05, 3.63) is 36.7 Å². The topological polar surface area (TPSA) is 67.2 Å². The van der Waals surface area contributed by atoms with Gasteiger partial charge in [-0.3, -0.25) is 9.36 Å². The number of carbonyl (C=O) groups is 1. The van der Waals surface area contributed by atoms with Gasteiger partial charge in [0.15, 0.2) is 0 Å². The number of halogens is 2. The van der Waals surface area contributed by atoms with Crippen molar-refractivity contribution in [2.24, 2.45) is 5.92 Å². The molecule has 0 bridgehead atoms. The third-order valence-corrected chi connectivity index (χ3v) is 4.32. The largest absolute Gasteiger partial charge is 0.340 e. The van der Waals surface area contributed by atoms with Gasteiger partial charge in [-0.25, -0.2) is 15.0 Å². The molecular weight excluding hydrogens is 330 g/mol. The quantitative estimate of drug-likeness (QED) is 0.824. The highest BCUT2D eigenvalue weighted by molar-refractivity contribution is 5.79. The lowest BCUT2D eigenvalue weighted by Crippen LogP contribution is -2.44. The van der Waals surface area contributed by atoms with Gasteiger partial charge in [-0.15, -0.1) is 0 Å². The first-order valence-corrected chi connectivity index (χ1v) is 8.13. The lowest BCUT2D eigenvalue weighted by atomic mass is 9.97. The zero-order valence-corrected chi connectivity index (χ0v) is 13.9. The zero-order chi connectivity index (χ0) is 17.8. The molecule has 3 heterocycles. The molecule has 0 radical (unpaired) electrons. The van der Waals surface area contributed by atoms with E-state index in [0.717, 1.165) is 24.0 Å². The predicted octanol–water partition coefficient (Wildman–Crippen LogP) is 1.94. The molecule has 1 amide bonds. The van der Waals surface area contributed by atoms with Crippen LogP contribution in [-0.4, -0.2) is 50.5 Å². The minimum absolute atomic E-state index is 0.0501. The van der Waals surface area contributed by atoms with Gasteiger partial charge in [-0.2, -0.15) is 8.78 Å². The van der Waals surface area contributed by atoms with Crippen LogP contribution in [0.5, 0.6) is 0 Å². The molecule has 0 N–H and O–H groups in total. The molecule has 7 nitrogen and oxygen atoms in total. The van der Waals surface area contributed by atoms with E-state index in [4.69, 9.17) is 0 Å². The van der Waals surface area contributed by atoms with E-state index in [2.05, 4.69) is 15.0 Å². The Morgan fingerprint density at radius 1 is 1.32 bits per heavy atom. The number of carbonyl (C=O) groups excluding carboxylic acids is 1. The van der Waals surface area contributed by atoms with Crippen molar-refractivity contribution in [1.82, 2.24) is 24.4 Å². The fourth-order valence-corrected chi connectivity index (χ4v) is 3.06. The number of alkyl halides is 2. The van der Waals surface area contributed by atoms with Crippen molar-refractivity contribution in [3.8, 4) is 0 Å². The van der Waals surface area contributed by atoms with Gasteiger partial charge in [0.2, 0.25) is 11.9 Å². The summed E-state index contributed by atoms with van der Waals surface area (Å²) in [6.45, 7) is -1.29. The number of anilines is 1. The molecule has 1 aliphatic heterocycles. The van der Waals surface area contributed by atoms with Crippen molar-refractivity contribution in [1.29, 1.82) is 0 Å². The van der Waals surface area contributed by atoms with Crippen molar-refractivity contribution in [3.63, 3.8) is 0 Å². The lowest BCUT2D eigenvalue weighted by molar-refractivity contribution is -0.135. The molecule has 134 valence electrons. The van der Waals surface area contributed by atoms with Gasteiger partial charge in [-0.1, -0.05) is 0 Å². The molecule has 0 spiro atoms. The minimum atomic E-state index is -2.67. The second-order valence-corrected chi connectivity index (χ2v) is 6.06. The van der Waals surface area contributed by atoms with Gasteiger partial charge in [0.05, 0.1) is 12.5 Å². The maximum absolute atomic E-state index is 12.9. The van der Waals surface area contributed by atoms with E-state index < -0.39 is 6.55 Å². The van der Waals surface area contributed by atoms with Crippen LogP contribution in [0.3, 0.4) is 0 Å². The van der Waals surface area contributed by atoms with Crippen LogP contribution in [0.15, 0.2) is 30.9 Å². The summed E-state index contributed by atoms with van der Waals surface area (Å²) in [7, 11) is 1.62. The van der Waals surface area contributed by atoms with E-state index in [-0.39, 0.29) is 24.2 Å². The van der Waals surface area contributed by atoms with Crippen LogP contribution in [-0.2, 0) is 11.3 Å². The van der Waals surface area contributed by atoms with E-state index in [1.165, 1.54) is 17.3 Å². The number of hydrogen-bond acceptors (Lipinski definition) is 5. The van der Waals surface area contributed by atoms with Crippen LogP contribution >= 0.6 is 0 Å². The number of imidazole rings is 1. The molecule has 25 heavy (non-hydrogen) atoms. The molecule has 0 saturated carbocycles. The predicted molar refractivity (Wildman–Crippen MR) is 86.9 cm³/mol. The minimum Gasteiger partial charge on any atom is -0.340 e. The summed E-state index contributed by atoms with van der Waals surface area (Å²) in [5.41, 5.74) is 0. The fourth-order valence-electron chi connectivity index (χ4n) is 3.06. The van der Waals surface area contributed by atoms with Crippen LogP contribution in [0.25, 0.3) is 0 Å². The number of amides is 1. The Hall–Kier alpha value is -2.58. The van der Waals surface area contributed by atoms with Crippen molar-refractivity contribution < 1.29 is 13.6 Å². The normalized spacial score (nSPS) is 17.8. The number of nitrogens with zero attached hydrogens (tertiary/aromatic N) is 6. The molecule has 3 rings (SSSR count). The zero-order valence-electron chi connectivity index (χ0n) is 13.9. The molecule has 1 saturated heterocycles. The van der Waals surface area contributed by atoms with E-state index >= 15 is 0 Å². The summed E-state index contributed by atoms with van der Waals surface area (Å²) >= 11 is 0. The Labute approximate surface area is 144 Å². The average Bonchev–Trinajstić information content (AvgIpc) is 3.10. The first-order valence-electron chi connectivity index (χ1n) is 8.13. The Balaban J connectivity index is 1.64. The van der Waals surface area contributed by atoms with Crippen LogP contribution in [0.1, 0.15) is 25.2 Å². The molecule has 1 atom stereocenters. The maximum Gasteiger partial charge on any atom is 0.319 e. The number of aromatic nitrogens is 4. The Kier molecular flexibility index (Phi) is 5.20. The smallest absolute Gasteiger partial charge is 0.319 e. The van der Waals surface area contributed by atoms with Gasteiger partial charge in [0.1, 0.15) is 5.82 Å². The van der Waals surface area contributed by atoms with Crippen LogP contribution in [0.4, 0.5) is 14.7 Å². The van der Waals surface area contributed by atoms with E-state index in [9.17, 15) is 13.6 Å². The molecule has 1 unspecified atom stereocenters.